The van der Waals surface area contributed by atoms with E-state index in [9.17, 15) is 13.2 Å². The van der Waals surface area contributed by atoms with Crippen molar-refractivity contribution in [1.29, 1.82) is 0 Å². The summed E-state index contributed by atoms with van der Waals surface area (Å²) in [7, 11) is 0. The molecule has 0 saturated heterocycles. The number of nitrogens with two attached hydrogens (primary N) is 1. The number of hydrogen-bond donors (Lipinski definition) is 1. The predicted octanol–water partition coefficient (Wildman–Crippen LogP) is 3.36. The van der Waals surface area contributed by atoms with Gasteiger partial charge in [-0.15, -0.1) is 0 Å². The van der Waals surface area contributed by atoms with Gasteiger partial charge in [0.1, 0.15) is 12.4 Å². The lowest BCUT2D eigenvalue weighted by atomic mass is 10.1. The second-order valence-electron chi connectivity index (χ2n) is 4.70. The Labute approximate surface area is 116 Å². The molecule has 1 unspecified atom stereocenters. The summed E-state index contributed by atoms with van der Waals surface area (Å²) < 4.78 is 45.6. The molecule has 114 valence electrons. The van der Waals surface area contributed by atoms with Gasteiger partial charge >= 0.3 is 6.18 Å². The van der Waals surface area contributed by atoms with Crippen LogP contribution in [0.3, 0.4) is 0 Å². The van der Waals surface area contributed by atoms with Crippen molar-refractivity contribution < 1.29 is 22.6 Å². The monoisotopic (exact) mass is 291 g/mol. The van der Waals surface area contributed by atoms with Gasteiger partial charge in [-0.1, -0.05) is 12.1 Å². The van der Waals surface area contributed by atoms with Gasteiger partial charge in [-0.3, -0.25) is 0 Å². The van der Waals surface area contributed by atoms with Crippen LogP contribution in [0, 0.1) is 6.92 Å². The van der Waals surface area contributed by atoms with Crippen molar-refractivity contribution in [1.82, 2.24) is 0 Å². The minimum Gasteiger partial charge on any atom is -0.493 e. The van der Waals surface area contributed by atoms with E-state index < -0.39 is 12.8 Å². The third-order valence-corrected chi connectivity index (χ3v) is 2.62. The van der Waals surface area contributed by atoms with E-state index in [-0.39, 0.29) is 12.6 Å². The molecule has 0 heterocycles. The number of ether oxygens (including phenoxy) is 2. The van der Waals surface area contributed by atoms with Crippen molar-refractivity contribution in [3.05, 3.63) is 29.3 Å². The Kier molecular flexibility index (Phi) is 6.29. The molecule has 20 heavy (non-hydrogen) atoms. The molecule has 1 aromatic carbocycles. The van der Waals surface area contributed by atoms with Crippen LogP contribution in [0.5, 0.6) is 5.75 Å². The summed E-state index contributed by atoms with van der Waals surface area (Å²) in [6.45, 7) is 2.87. The molecule has 1 rings (SSSR count). The molecule has 0 saturated carbocycles. The first-order valence-corrected chi connectivity index (χ1v) is 6.43. The smallest absolute Gasteiger partial charge is 0.411 e. The Morgan fingerprint density at radius 1 is 1.25 bits per heavy atom. The molecule has 0 aliphatic rings. The zero-order valence-electron chi connectivity index (χ0n) is 11.7. The summed E-state index contributed by atoms with van der Waals surface area (Å²) in [4.78, 5) is 0. The van der Waals surface area contributed by atoms with Gasteiger partial charge in [0.05, 0.1) is 13.2 Å². The van der Waals surface area contributed by atoms with Crippen LogP contribution < -0.4 is 10.5 Å². The lowest BCUT2D eigenvalue weighted by Crippen LogP contribution is -2.18. The molecule has 0 aliphatic carbocycles. The van der Waals surface area contributed by atoms with Crippen LogP contribution in [0.2, 0.25) is 0 Å². The lowest BCUT2D eigenvalue weighted by Gasteiger charge is -2.15. The first-order chi connectivity index (χ1) is 9.29. The Morgan fingerprint density at radius 2 is 1.95 bits per heavy atom. The fraction of sp³-hybridized carbons (Fsp3) is 0.571. The van der Waals surface area contributed by atoms with E-state index >= 15 is 0 Å². The van der Waals surface area contributed by atoms with Crippen molar-refractivity contribution >= 4 is 0 Å². The first kappa shape index (κ1) is 16.8. The lowest BCUT2D eigenvalue weighted by molar-refractivity contribution is -0.174. The van der Waals surface area contributed by atoms with Gasteiger partial charge in [0, 0.05) is 18.0 Å². The molecule has 1 aromatic rings. The largest absolute Gasteiger partial charge is 0.493 e. The standard InChI is InChI=1S/C14H20F3NO2/c1-10-4-5-12(11(2)18)13(8-10)20-7-3-6-19-9-14(15,16)17/h4-5,8,11H,3,6-7,9,18H2,1-2H3. The Balaban J connectivity index is 2.37. The summed E-state index contributed by atoms with van der Waals surface area (Å²) >= 11 is 0. The molecule has 0 bridgehead atoms. The minimum absolute atomic E-state index is 0.0127. The molecular weight excluding hydrogens is 271 g/mol. The molecule has 0 aliphatic heterocycles. The SMILES string of the molecule is Cc1ccc(C(C)N)c(OCCCOCC(F)(F)F)c1. The van der Waals surface area contributed by atoms with Gasteiger partial charge < -0.3 is 15.2 Å². The van der Waals surface area contributed by atoms with Crippen LogP contribution in [0.1, 0.15) is 30.5 Å². The summed E-state index contributed by atoms with van der Waals surface area (Å²) in [6, 6.07) is 5.55. The highest BCUT2D eigenvalue weighted by molar-refractivity contribution is 5.38. The van der Waals surface area contributed by atoms with E-state index in [1.54, 1.807) is 0 Å². The van der Waals surface area contributed by atoms with E-state index in [1.807, 2.05) is 32.0 Å². The quantitative estimate of drug-likeness (QED) is 0.783. The van der Waals surface area contributed by atoms with E-state index in [0.717, 1.165) is 11.1 Å². The molecule has 3 nitrogen and oxygen atoms in total. The van der Waals surface area contributed by atoms with Crippen molar-refractivity contribution in [2.24, 2.45) is 5.73 Å². The highest BCUT2D eigenvalue weighted by atomic mass is 19.4. The van der Waals surface area contributed by atoms with Crippen LogP contribution in [-0.2, 0) is 4.74 Å². The topological polar surface area (TPSA) is 44.5 Å². The van der Waals surface area contributed by atoms with Gasteiger partial charge in [-0.2, -0.15) is 13.2 Å². The predicted molar refractivity (Wildman–Crippen MR) is 70.8 cm³/mol. The second-order valence-corrected chi connectivity index (χ2v) is 4.70. The number of benzene rings is 1. The maximum Gasteiger partial charge on any atom is 0.411 e. The average Bonchev–Trinajstić information content (AvgIpc) is 2.32. The maximum atomic E-state index is 11.8. The number of rotatable bonds is 7. The van der Waals surface area contributed by atoms with Gasteiger partial charge in [0.25, 0.3) is 0 Å². The van der Waals surface area contributed by atoms with E-state index in [4.69, 9.17) is 10.5 Å². The second kappa shape index (κ2) is 7.50. The number of halogens is 3. The molecule has 0 amide bonds. The molecule has 0 fully saturated rings. The molecule has 1 atom stereocenters. The Bertz CT molecular complexity index is 419. The van der Waals surface area contributed by atoms with Crippen molar-refractivity contribution in [3.8, 4) is 5.75 Å². The Hall–Kier alpha value is -1.27. The first-order valence-electron chi connectivity index (χ1n) is 6.43. The van der Waals surface area contributed by atoms with Gasteiger partial charge in [0.2, 0.25) is 0 Å². The van der Waals surface area contributed by atoms with Crippen LogP contribution in [-0.4, -0.2) is 26.0 Å². The molecule has 0 spiro atoms. The fourth-order valence-electron chi connectivity index (χ4n) is 1.67. The van der Waals surface area contributed by atoms with Crippen LogP contribution in [0.15, 0.2) is 18.2 Å². The molecule has 0 aromatic heterocycles. The Morgan fingerprint density at radius 3 is 2.55 bits per heavy atom. The van der Waals surface area contributed by atoms with E-state index in [1.165, 1.54) is 0 Å². The fourth-order valence-corrected chi connectivity index (χ4v) is 1.67. The summed E-state index contributed by atoms with van der Waals surface area (Å²) in [5, 5.41) is 0. The van der Waals surface area contributed by atoms with Crippen LogP contribution in [0.4, 0.5) is 13.2 Å². The molecular formula is C14H20F3NO2. The number of hydrogen-bond acceptors (Lipinski definition) is 3. The summed E-state index contributed by atoms with van der Waals surface area (Å²) in [5.41, 5.74) is 7.76. The van der Waals surface area contributed by atoms with Crippen LogP contribution in [0.25, 0.3) is 0 Å². The van der Waals surface area contributed by atoms with Gasteiger partial charge in [0.15, 0.2) is 0 Å². The third-order valence-electron chi connectivity index (χ3n) is 2.62. The summed E-state index contributed by atoms with van der Waals surface area (Å²) in [5.74, 6) is 0.677. The maximum absolute atomic E-state index is 11.8. The normalized spacial score (nSPS) is 13.3. The highest BCUT2D eigenvalue weighted by Crippen LogP contribution is 2.25. The van der Waals surface area contributed by atoms with Crippen molar-refractivity contribution in [2.75, 3.05) is 19.8 Å². The van der Waals surface area contributed by atoms with Crippen molar-refractivity contribution in [3.63, 3.8) is 0 Å². The van der Waals surface area contributed by atoms with E-state index in [0.29, 0.717) is 18.8 Å². The molecule has 2 N–H and O–H groups in total. The van der Waals surface area contributed by atoms with E-state index in [2.05, 4.69) is 4.74 Å². The zero-order valence-corrected chi connectivity index (χ0v) is 11.7. The van der Waals surface area contributed by atoms with Gasteiger partial charge in [-0.05, 0) is 25.5 Å². The summed E-state index contributed by atoms with van der Waals surface area (Å²) in [6.07, 6.45) is -3.89. The number of aryl methyl sites for hydroxylation is 1. The molecule has 6 heteroatoms. The number of alkyl halides is 3. The minimum atomic E-state index is -4.28. The third kappa shape index (κ3) is 6.25. The van der Waals surface area contributed by atoms with Crippen LogP contribution >= 0.6 is 0 Å². The zero-order chi connectivity index (χ0) is 15.2. The molecule has 0 radical (unpaired) electrons. The van der Waals surface area contributed by atoms with Crippen molar-refractivity contribution in [2.45, 2.75) is 32.5 Å². The highest BCUT2D eigenvalue weighted by Gasteiger charge is 2.27. The van der Waals surface area contributed by atoms with Gasteiger partial charge in [-0.25, -0.2) is 0 Å². The average molecular weight is 291 g/mol.